The number of benzene rings is 1. The van der Waals surface area contributed by atoms with E-state index in [1.54, 1.807) is 0 Å². The zero-order valence-corrected chi connectivity index (χ0v) is 12.7. The minimum atomic E-state index is 0.796. The first-order valence-electron chi connectivity index (χ1n) is 4.21. The molecule has 0 heterocycles. The van der Waals surface area contributed by atoms with Crippen LogP contribution in [0.3, 0.4) is 0 Å². The Morgan fingerprint density at radius 1 is 1.54 bits per heavy atom. The van der Waals surface area contributed by atoms with Crippen LogP contribution in [0.4, 0.5) is 0 Å². The van der Waals surface area contributed by atoms with Gasteiger partial charge in [0.25, 0.3) is 0 Å². The average Bonchev–Trinajstić information content (AvgIpc) is 2.20. The second-order valence-corrected chi connectivity index (χ2v) is 2.54. The molecule has 68 valence electrons. The molecular weight excluding hydrogens is 281 g/mol. The molecular formula is C10H13BrOZn. The van der Waals surface area contributed by atoms with Gasteiger partial charge in [-0.3, -0.25) is 0 Å². The van der Waals surface area contributed by atoms with E-state index in [0.717, 1.165) is 24.3 Å². The molecule has 0 radical (unpaired) electrons. The molecule has 1 aromatic rings. The third-order valence-electron chi connectivity index (χ3n) is 1.48. The van der Waals surface area contributed by atoms with Crippen LogP contribution in [0.25, 0.3) is 0 Å². The van der Waals surface area contributed by atoms with Gasteiger partial charge in [-0.25, -0.2) is 0 Å². The fraction of sp³-hybridized carbons (Fsp3) is 0.400. The van der Waals surface area contributed by atoms with Crippen LogP contribution in [0.15, 0.2) is 18.2 Å². The van der Waals surface area contributed by atoms with Crippen LogP contribution in [0.2, 0.25) is 0 Å². The van der Waals surface area contributed by atoms with Gasteiger partial charge in [0.15, 0.2) is 0 Å². The summed E-state index contributed by atoms with van der Waals surface area (Å²) in [4.78, 5) is 0. The summed E-state index contributed by atoms with van der Waals surface area (Å²) in [5.41, 5.74) is 1.15. The number of hydrogen-bond acceptors (Lipinski definition) is 1. The van der Waals surface area contributed by atoms with Crippen molar-refractivity contribution in [3.63, 3.8) is 0 Å². The summed E-state index contributed by atoms with van der Waals surface area (Å²) in [7, 11) is 0. The van der Waals surface area contributed by atoms with Crippen LogP contribution in [0, 0.1) is 13.0 Å². The van der Waals surface area contributed by atoms with Gasteiger partial charge in [0.2, 0.25) is 0 Å². The zero-order chi connectivity index (χ0) is 10.1. The number of hydrogen-bond donors (Lipinski definition) is 0. The van der Waals surface area contributed by atoms with Crippen LogP contribution in [-0.4, -0.2) is 6.61 Å². The molecule has 0 saturated carbocycles. The molecule has 0 unspecified atom stereocenters. The molecule has 0 aromatic heterocycles. The topological polar surface area (TPSA) is 9.23 Å². The van der Waals surface area contributed by atoms with E-state index in [-0.39, 0.29) is 0 Å². The summed E-state index contributed by atoms with van der Waals surface area (Å²) in [6, 6.07) is 8.76. The summed E-state index contributed by atoms with van der Waals surface area (Å²) < 4.78 is 5.47. The molecule has 0 bridgehead atoms. The second kappa shape index (κ2) is 8.71. The quantitative estimate of drug-likeness (QED) is 0.613. The second-order valence-electron chi connectivity index (χ2n) is 2.54. The standard InChI is InChI=1S/C10H13O.BrH.Zn/c1-3-8-11-10-7-5-4-6-9(10)2;;/h5-7H,3,8H2,1-2H3;1H;/q-1;;+2/p-1. The fourth-order valence-corrected chi connectivity index (χ4v) is 0.873. The Kier molecular flexibility index (Phi) is 8.79. The Hall–Kier alpha value is 0.123. The van der Waals surface area contributed by atoms with E-state index in [9.17, 15) is 0 Å². The number of rotatable bonds is 3. The molecule has 1 aromatic carbocycles. The van der Waals surface area contributed by atoms with Gasteiger partial charge in [0, 0.05) is 5.75 Å². The number of aryl methyl sites for hydroxylation is 1. The first kappa shape index (κ1) is 13.1. The third-order valence-corrected chi connectivity index (χ3v) is 1.48. The summed E-state index contributed by atoms with van der Waals surface area (Å²) >= 11 is 4.25. The number of halogens is 1. The maximum absolute atomic E-state index is 5.47. The van der Waals surface area contributed by atoms with Crippen molar-refractivity contribution in [2.75, 3.05) is 6.61 Å². The first-order chi connectivity index (χ1) is 6.34. The molecule has 1 rings (SSSR count). The maximum atomic E-state index is 5.47. The van der Waals surface area contributed by atoms with Gasteiger partial charge in [0.1, 0.15) is 0 Å². The van der Waals surface area contributed by atoms with Crippen LogP contribution in [0.5, 0.6) is 5.75 Å². The van der Waals surface area contributed by atoms with Crippen molar-refractivity contribution in [2.24, 2.45) is 0 Å². The summed E-state index contributed by atoms with van der Waals surface area (Å²) in [5, 5.41) is 0. The van der Waals surface area contributed by atoms with Gasteiger partial charge in [-0.2, -0.15) is 18.2 Å². The third kappa shape index (κ3) is 5.43. The van der Waals surface area contributed by atoms with E-state index >= 15 is 0 Å². The molecule has 0 saturated heterocycles. The van der Waals surface area contributed by atoms with E-state index in [4.69, 9.17) is 4.74 Å². The van der Waals surface area contributed by atoms with Crippen LogP contribution < -0.4 is 4.74 Å². The van der Waals surface area contributed by atoms with E-state index in [2.05, 4.69) is 26.6 Å². The molecule has 0 atom stereocenters. The monoisotopic (exact) mass is 292 g/mol. The van der Waals surface area contributed by atoms with E-state index in [0.29, 0.717) is 0 Å². The van der Waals surface area contributed by atoms with Gasteiger partial charge in [0.05, 0.1) is 6.61 Å². The average molecular weight is 295 g/mol. The van der Waals surface area contributed by atoms with Crippen molar-refractivity contribution in [3.05, 3.63) is 29.8 Å². The Balaban J connectivity index is 0.000000671. The van der Waals surface area contributed by atoms with Crippen molar-refractivity contribution in [3.8, 4) is 5.75 Å². The summed E-state index contributed by atoms with van der Waals surface area (Å²) in [5.74, 6) is 0.977. The molecule has 0 aliphatic carbocycles. The molecule has 1 nitrogen and oxygen atoms in total. The molecule has 0 spiro atoms. The Bertz CT molecular complexity index is 228. The van der Waals surface area contributed by atoms with Crippen molar-refractivity contribution >= 4 is 13.6 Å². The van der Waals surface area contributed by atoms with E-state index in [1.807, 2.05) is 25.1 Å². The van der Waals surface area contributed by atoms with Gasteiger partial charge in [-0.1, -0.05) is 13.8 Å². The van der Waals surface area contributed by atoms with Crippen molar-refractivity contribution in [2.45, 2.75) is 20.3 Å². The number of ether oxygens (including phenoxy) is 1. The fourth-order valence-electron chi connectivity index (χ4n) is 0.873. The van der Waals surface area contributed by atoms with Crippen molar-refractivity contribution < 1.29 is 21.1 Å². The predicted molar refractivity (Wildman–Crippen MR) is 54.7 cm³/mol. The minimum absolute atomic E-state index is 0.796. The SMILES string of the molecule is CCCOc1cc[c-]cc1C.[Zn+][Br]. The normalized spacial score (nSPS) is 8.69. The zero-order valence-electron chi connectivity index (χ0n) is 8.14. The predicted octanol–water partition coefficient (Wildman–Crippen LogP) is 3.43. The molecule has 0 fully saturated rings. The molecule has 0 aliphatic rings. The Morgan fingerprint density at radius 3 is 2.77 bits per heavy atom. The van der Waals surface area contributed by atoms with E-state index < -0.39 is 0 Å². The van der Waals surface area contributed by atoms with Crippen LogP contribution in [0.1, 0.15) is 18.9 Å². The Morgan fingerprint density at radius 2 is 2.23 bits per heavy atom. The van der Waals surface area contributed by atoms with E-state index in [1.165, 1.54) is 16.3 Å². The van der Waals surface area contributed by atoms with Crippen molar-refractivity contribution in [1.29, 1.82) is 0 Å². The van der Waals surface area contributed by atoms with Crippen LogP contribution >= 0.6 is 13.6 Å². The summed E-state index contributed by atoms with van der Waals surface area (Å²) in [6.07, 6.45) is 1.05. The summed E-state index contributed by atoms with van der Waals surface area (Å²) in [6.45, 7) is 4.93. The molecule has 0 amide bonds. The first-order valence-corrected chi connectivity index (χ1v) is 11.2. The van der Waals surface area contributed by atoms with Gasteiger partial charge >= 0.3 is 30.0 Å². The Labute approximate surface area is 96.9 Å². The molecule has 0 aliphatic heterocycles. The molecule has 0 N–H and O–H groups in total. The van der Waals surface area contributed by atoms with Gasteiger partial charge < -0.3 is 4.74 Å². The molecule has 13 heavy (non-hydrogen) atoms. The van der Waals surface area contributed by atoms with Gasteiger partial charge in [-0.05, 0) is 6.42 Å². The van der Waals surface area contributed by atoms with Crippen molar-refractivity contribution in [1.82, 2.24) is 0 Å². The van der Waals surface area contributed by atoms with Gasteiger partial charge in [-0.15, -0.1) is 11.6 Å². The molecule has 3 heteroatoms. The van der Waals surface area contributed by atoms with Crippen LogP contribution in [-0.2, 0) is 16.3 Å².